The first-order valence-electron chi connectivity index (χ1n) is 9.78. The Labute approximate surface area is 179 Å². The van der Waals surface area contributed by atoms with Gasteiger partial charge >= 0.3 is 0 Å². The minimum absolute atomic E-state index is 0.0504. The third kappa shape index (κ3) is 3.85. The van der Waals surface area contributed by atoms with E-state index in [2.05, 4.69) is 10.2 Å². The lowest BCUT2D eigenvalue weighted by Gasteiger charge is -2.26. The molecule has 1 saturated heterocycles. The molecule has 1 aromatic carbocycles. The van der Waals surface area contributed by atoms with Gasteiger partial charge in [-0.2, -0.15) is 0 Å². The van der Waals surface area contributed by atoms with Crippen molar-refractivity contribution >= 4 is 44.1 Å². The second-order valence-corrected chi connectivity index (χ2v) is 10.6. The van der Waals surface area contributed by atoms with Crippen LogP contribution in [0, 0.1) is 6.92 Å². The molecule has 160 valence electrons. The van der Waals surface area contributed by atoms with Crippen molar-refractivity contribution in [3.05, 3.63) is 29.8 Å². The standard InChI is InChI=1S/C20H24N4O4S2/c1-4-23(14-7-8-30(26,27)12-14)19(25)11-29-20-22-21-18-9-13(2)16-6-5-15(28-3)10-17(16)24(18)20/h5-6,9-10,14H,4,7-8,11-12H2,1-3H3/t14-/m1/s1. The summed E-state index contributed by atoms with van der Waals surface area (Å²) >= 11 is 1.31. The predicted molar refractivity (Wildman–Crippen MR) is 117 cm³/mol. The molecule has 30 heavy (non-hydrogen) atoms. The van der Waals surface area contributed by atoms with Crippen molar-refractivity contribution in [3.8, 4) is 5.75 Å². The number of aryl methyl sites for hydroxylation is 1. The second kappa shape index (κ2) is 8.07. The molecule has 0 bridgehead atoms. The zero-order valence-corrected chi connectivity index (χ0v) is 18.8. The Bertz CT molecular complexity index is 1220. The molecule has 1 amide bonds. The van der Waals surface area contributed by atoms with Crippen LogP contribution in [-0.2, 0) is 14.6 Å². The van der Waals surface area contributed by atoms with Crippen LogP contribution in [-0.4, -0.2) is 70.8 Å². The summed E-state index contributed by atoms with van der Waals surface area (Å²) in [4.78, 5) is 14.5. The van der Waals surface area contributed by atoms with E-state index in [1.165, 1.54) is 11.8 Å². The van der Waals surface area contributed by atoms with Gasteiger partial charge < -0.3 is 9.64 Å². The molecular formula is C20H24N4O4S2. The van der Waals surface area contributed by atoms with Gasteiger partial charge in [-0.05, 0) is 44.0 Å². The van der Waals surface area contributed by atoms with E-state index in [4.69, 9.17) is 4.74 Å². The highest BCUT2D eigenvalue weighted by atomic mass is 32.2. The van der Waals surface area contributed by atoms with E-state index in [1.807, 2.05) is 42.5 Å². The zero-order valence-electron chi connectivity index (χ0n) is 17.2. The molecule has 1 aliphatic heterocycles. The Morgan fingerprint density at radius 1 is 1.33 bits per heavy atom. The number of rotatable bonds is 6. The molecule has 1 atom stereocenters. The molecule has 0 spiro atoms. The van der Waals surface area contributed by atoms with Crippen LogP contribution < -0.4 is 4.74 Å². The lowest BCUT2D eigenvalue weighted by atomic mass is 10.1. The number of carbonyl (C=O) groups is 1. The average molecular weight is 449 g/mol. The molecule has 0 radical (unpaired) electrons. The van der Waals surface area contributed by atoms with Crippen LogP contribution in [0.3, 0.4) is 0 Å². The summed E-state index contributed by atoms with van der Waals surface area (Å²) in [5.74, 6) is 1.01. The maximum Gasteiger partial charge on any atom is 0.233 e. The number of thioether (sulfide) groups is 1. The fourth-order valence-electron chi connectivity index (χ4n) is 3.99. The van der Waals surface area contributed by atoms with Crippen LogP contribution >= 0.6 is 11.8 Å². The first-order valence-corrected chi connectivity index (χ1v) is 12.6. The van der Waals surface area contributed by atoms with Crippen molar-refractivity contribution < 1.29 is 17.9 Å². The van der Waals surface area contributed by atoms with Crippen molar-refractivity contribution in [2.45, 2.75) is 31.5 Å². The lowest BCUT2D eigenvalue weighted by molar-refractivity contribution is -0.129. The van der Waals surface area contributed by atoms with Gasteiger partial charge in [0.2, 0.25) is 5.91 Å². The minimum Gasteiger partial charge on any atom is -0.497 e. The summed E-state index contributed by atoms with van der Waals surface area (Å²) < 4.78 is 30.9. The molecule has 0 aliphatic carbocycles. The van der Waals surface area contributed by atoms with Crippen LogP contribution in [0.4, 0.5) is 0 Å². The fraction of sp³-hybridized carbons (Fsp3) is 0.450. The fourth-order valence-corrected chi connectivity index (χ4v) is 6.56. The van der Waals surface area contributed by atoms with Gasteiger partial charge in [0.15, 0.2) is 20.6 Å². The summed E-state index contributed by atoms with van der Waals surface area (Å²) in [6, 6.07) is 7.58. The number of nitrogens with zero attached hydrogens (tertiary/aromatic N) is 4. The number of amides is 1. The summed E-state index contributed by atoms with van der Waals surface area (Å²) in [7, 11) is -1.42. The number of aromatic nitrogens is 3. The van der Waals surface area contributed by atoms with E-state index in [-0.39, 0.29) is 29.2 Å². The summed E-state index contributed by atoms with van der Waals surface area (Å²) in [5, 5.41) is 10.2. The quantitative estimate of drug-likeness (QED) is 0.534. The van der Waals surface area contributed by atoms with Gasteiger partial charge in [0.25, 0.3) is 0 Å². The highest BCUT2D eigenvalue weighted by molar-refractivity contribution is 7.99. The van der Waals surface area contributed by atoms with Crippen molar-refractivity contribution in [2.75, 3.05) is 30.9 Å². The number of fused-ring (bicyclic) bond motifs is 3. The molecule has 8 nitrogen and oxygen atoms in total. The van der Waals surface area contributed by atoms with Crippen LogP contribution in [0.15, 0.2) is 29.4 Å². The van der Waals surface area contributed by atoms with E-state index < -0.39 is 9.84 Å². The number of pyridine rings is 1. The summed E-state index contributed by atoms with van der Waals surface area (Å²) in [6.45, 7) is 4.39. The summed E-state index contributed by atoms with van der Waals surface area (Å²) in [5.41, 5.74) is 2.70. The molecule has 3 heterocycles. The van der Waals surface area contributed by atoms with Gasteiger partial charge in [-0.3, -0.25) is 9.20 Å². The molecule has 3 aromatic rings. The normalized spacial score (nSPS) is 18.2. The second-order valence-electron chi connectivity index (χ2n) is 7.41. The van der Waals surface area contributed by atoms with E-state index in [0.29, 0.717) is 23.8 Å². The van der Waals surface area contributed by atoms with E-state index in [1.54, 1.807) is 12.0 Å². The van der Waals surface area contributed by atoms with Crippen molar-refractivity contribution in [2.24, 2.45) is 0 Å². The van der Waals surface area contributed by atoms with Crippen molar-refractivity contribution in [1.29, 1.82) is 0 Å². The van der Waals surface area contributed by atoms with Crippen LogP contribution in [0.2, 0.25) is 0 Å². The first-order chi connectivity index (χ1) is 14.3. The van der Waals surface area contributed by atoms with E-state index >= 15 is 0 Å². The molecule has 0 N–H and O–H groups in total. The van der Waals surface area contributed by atoms with Gasteiger partial charge in [-0.25, -0.2) is 8.42 Å². The third-order valence-corrected chi connectivity index (χ3v) is 8.17. The Hall–Kier alpha value is -2.33. The smallest absolute Gasteiger partial charge is 0.233 e. The van der Waals surface area contributed by atoms with Gasteiger partial charge in [-0.1, -0.05) is 11.8 Å². The Kier molecular flexibility index (Phi) is 5.63. The zero-order chi connectivity index (χ0) is 21.5. The number of methoxy groups -OCH3 is 1. The number of carbonyl (C=O) groups excluding carboxylic acids is 1. The molecule has 4 rings (SSSR count). The molecule has 2 aromatic heterocycles. The van der Waals surface area contributed by atoms with Gasteiger partial charge in [0.1, 0.15) is 5.75 Å². The Morgan fingerprint density at radius 3 is 2.80 bits per heavy atom. The van der Waals surface area contributed by atoms with Crippen LogP contribution in [0.25, 0.3) is 16.6 Å². The molecule has 1 aliphatic rings. The van der Waals surface area contributed by atoms with Crippen LogP contribution in [0.5, 0.6) is 5.75 Å². The minimum atomic E-state index is -3.05. The van der Waals surface area contributed by atoms with Gasteiger partial charge in [0.05, 0.1) is 29.9 Å². The highest BCUT2D eigenvalue weighted by Crippen LogP contribution is 2.29. The average Bonchev–Trinajstić information content (AvgIpc) is 3.29. The van der Waals surface area contributed by atoms with E-state index in [9.17, 15) is 13.2 Å². The molecule has 0 unspecified atom stereocenters. The molecule has 1 fully saturated rings. The highest BCUT2D eigenvalue weighted by Gasteiger charge is 2.33. The van der Waals surface area contributed by atoms with Crippen molar-refractivity contribution in [1.82, 2.24) is 19.5 Å². The van der Waals surface area contributed by atoms with Crippen LogP contribution in [0.1, 0.15) is 18.9 Å². The third-order valence-electron chi connectivity index (χ3n) is 5.51. The monoisotopic (exact) mass is 448 g/mol. The van der Waals surface area contributed by atoms with Crippen molar-refractivity contribution in [3.63, 3.8) is 0 Å². The number of hydrogen-bond acceptors (Lipinski definition) is 7. The SMILES string of the molecule is CCN(C(=O)CSc1nnc2cc(C)c3ccc(OC)cc3n12)[C@@H]1CCS(=O)(=O)C1. The molecular weight excluding hydrogens is 424 g/mol. The van der Waals surface area contributed by atoms with E-state index in [0.717, 1.165) is 22.2 Å². The maximum absolute atomic E-state index is 12.9. The van der Waals surface area contributed by atoms with Gasteiger partial charge in [0, 0.05) is 24.0 Å². The number of sulfone groups is 1. The predicted octanol–water partition coefficient (Wildman–Crippen LogP) is 2.33. The maximum atomic E-state index is 12.9. The van der Waals surface area contributed by atoms with Gasteiger partial charge in [-0.15, -0.1) is 10.2 Å². The topological polar surface area (TPSA) is 93.9 Å². The molecule has 0 saturated carbocycles. The first kappa shape index (κ1) is 20.9. The number of benzene rings is 1. The molecule has 10 heteroatoms. The number of ether oxygens (including phenoxy) is 1. The largest absolute Gasteiger partial charge is 0.497 e. The Morgan fingerprint density at radius 2 is 2.13 bits per heavy atom. The lowest BCUT2D eigenvalue weighted by Crippen LogP contribution is -2.41. The Balaban J connectivity index is 1.61. The summed E-state index contributed by atoms with van der Waals surface area (Å²) in [6.07, 6.45) is 0.504. The number of hydrogen-bond donors (Lipinski definition) is 0.